The molecular formula is C17H27NO4SSi. The number of thiophene rings is 1. The summed E-state index contributed by atoms with van der Waals surface area (Å²) in [6.45, 7) is 9.95. The Morgan fingerprint density at radius 1 is 1.29 bits per heavy atom. The topological polar surface area (TPSA) is 55.8 Å². The van der Waals surface area contributed by atoms with E-state index < -0.39 is 20.5 Å². The van der Waals surface area contributed by atoms with Gasteiger partial charge >= 0.3 is 6.09 Å². The van der Waals surface area contributed by atoms with E-state index in [0.29, 0.717) is 0 Å². The van der Waals surface area contributed by atoms with Gasteiger partial charge in [0.05, 0.1) is 6.10 Å². The Bertz CT molecular complexity index is 563. The molecule has 0 saturated carbocycles. The highest BCUT2D eigenvalue weighted by Crippen LogP contribution is 2.42. The van der Waals surface area contributed by atoms with E-state index in [1.54, 1.807) is 13.8 Å². The van der Waals surface area contributed by atoms with E-state index in [4.69, 9.17) is 9.16 Å². The number of nitrogens with zero attached hydrogens (tertiary/aromatic N) is 1. The molecule has 2 heterocycles. The minimum Gasteiger partial charge on any atom is -0.446 e. The maximum absolute atomic E-state index is 12.6. The first-order chi connectivity index (χ1) is 11.4. The summed E-state index contributed by atoms with van der Waals surface area (Å²) in [5, 5.41) is 1.95. The second-order valence-corrected chi connectivity index (χ2v) is 12.1. The van der Waals surface area contributed by atoms with Crippen LogP contribution in [0, 0.1) is 0 Å². The van der Waals surface area contributed by atoms with E-state index in [1.165, 1.54) is 16.2 Å². The molecule has 0 spiro atoms. The van der Waals surface area contributed by atoms with Crippen molar-refractivity contribution in [3.05, 3.63) is 22.4 Å². The van der Waals surface area contributed by atoms with E-state index in [0.717, 1.165) is 23.0 Å². The number of rotatable bonds is 7. The molecule has 24 heavy (non-hydrogen) atoms. The second-order valence-electron chi connectivity index (χ2n) is 6.38. The van der Waals surface area contributed by atoms with Crippen LogP contribution in [-0.4, -0.2) is 37.4 Å². The smallest absolute Gasteiger partial charge is 0.417 e. The normalized spacial score (nSPS) is 21.1. The quantitative estimate of drug-likeness (QED) is 0.522. The van der Waals surface area contributed by atoms with Crippen LogP contribution < -0.4 is 0 Å². The van der Waals surface area contributed by atoms with Gasteiger partial charge in [-0.2, -0.15) is 0 Å². The molecule has 0 aliphatic carbocycles. The fourth-order valence-corrected chi connectivity index (χ4v) is 6.65. The molecule has 1 aromatic heterocycles. The van der Waals surface area contributed by atoms with Crippen LogP contribution in [0.15, 0.2) is 17.5 Å². The predicted molar refractivity (Wildman–Crippen MR) is 97.6 cm³/mol. The lowest BCUT2D eigenvalue weighted by molar-refractivity contribution is -0.161. The van der Waals surface area contributed by atoms with Gasteiger partial charge in [0.15, 0.2) is 14.4 Å². The molecule has 0 radical (unpaired) electrons. The summed E-state index contributed by atoms with van der Waals surface area (Å²) >= 11 is 1.54. The molecule has 1 aliphatic heterocycles. The van der Waals surface area contributed by atoms with Crippen molar-refractivity contribution >= 4 is 31.7 Å². The third kappa shape index (κ3) is 3.58. The second kappa shape index (κ2) is 7.80. The van der Waals surface area contributed by atoms with Gasteiger partial charge in [0.25, 0.3) is 5.91 Å². The molecule has 0 aromatic carbocycles. The molecule has 0 N–H and O–H groups in total. The number of hydrogen-bond donors (Lipinski definition) is 0. The minimum absolute atomic E-state index is 0.260. The number of β-lactam (4-membered cyclic amide) rings is 1. The molecular weight excluding hydrogens is 342 g/mol. The van der Waals surface area contributed by atoms with Gasteiger partial charge in [-0.05, 0) is 43.4 Å². The van der Waals surface area contributed by atoms with Crippen LogP contribution in [-0.2, 0) is 14.0 Å². The van der Waals surface area contributed by atoms with Crippen molar-refractivity contribution in [3.63, 3.8) is 0 Å². The van der Waals surface area contributed by atoms with Crippen LogP contribution in [0.4, 0.5) is 4.79 Å². The first-order valence-electron chi connectivity index (χ1n) is 8.64. The van der Waals surface area contributed by atoms with Crippen molar-refractivity contribution in [2.45, 2.75) is 71.0 Å². The van der Waals surface area contributed by atoms with Crippen LogP contribution in [0.3, 0.4) is 0 Å². The zero-order valence-electron chi connectivity index (χ0n) is 15.1. The van der Waals surface area contributed by atoms with Gasteiger partial charge in [-0.1, -0.05) is 26.8 Å². The maximum Gasteiger partial charge on any atom is 0.417 e. The molecule has 1 saturated heterocycles. The van der Waals surface area contributed by atoms with Crippen molar-refractivity contribution in [3.8, 4) is 0 Å². The maximum atomic E-state index is 12.6. The van der Waals surface area contributed by atoms with Gasteiger partial charge < -0.3 is 9.16 Å². The number of hydrogen-bond acceptors (Lipinski definition) is 5. The Labute approximate surface area is 149 Å². The van der Waals surface area contributed by atoms with Crippen molar-refractivity contribution < 1.29 is 18.8 Å². The van der Waals surface area contributed by atoms with Crippen molar-refractivity contribution in [1.29, 1.82) is 0 Å². The number of carbonyl (C=O) groups excluding carboxylic acids is 2. The predicted octanol–water partition coefficient (Wildman–Crippen LogP) is 4.57. The molecule has 134 valence electrons. The van der Waals surface area contributed by atoms with Crippen LogP contribution in [0.25, 0.3) is 0 Å². The SMILES string of the molecule is CC[Si](CC)(CC)OC1C(=O)N(C(=O)OC(C)C)C1c1cccs1. The fourth-order valence-electron chi connectivity index (χ4n) is 3.04. The minimum atomic E-state index is -1.94. The largest absolute Gasteiger partial charge is 0.446 e. The number of carbonyl (C=O) groups is 2. The number of imide groups is 1. The summed E-state index contributed by atoms with van der Waals surface area (Å²) in [4.78, 5) is 27.1. The van der Waals surface area contributed by atoms with Gasteiger partial charge in [0.2, 0.25) is 0 Å². The average Bonchev–Trinajstić information content (AvgIpc) is 3.06. The fraction of sp³-hybridized carbons (Fsp3) is 0.647. The molecule has 1 aromatic rings. The van der Waals surface area contributed by atoms with Crippen molar-refractivity contribution in [1.82, 2.24) is 4.90 Å². The van der Waals surface area contributed by atoms with E-state index in [2.05, 4.69) is 20.8 Å². The molecule has 1 fully saturated rings. The van der Waals surface area contributed by atoms with Gasteiger partial charge in [-0.25, -0.2) is 9.69 Å². The summed E-state index contributed by atoms with van der Waals surface area (Å²) in [6.07, 6.45) is -1.40. The highest BCUT2D eigenvalue weighted by Gasteiger charge is 2.56. The Morgan fingerprint density at radius 3 is 2.38 bits per heavy atom. The summed E-state index contributed by atoms with van der Waals surface area (Å²) in [5.74, 6) is -0.272. The van der Waals surface area contributed by atoms with E-state index in [9.17, 15) is 9.59 Å². The third-order valence-corrected chi connectivity index (χ3v) is 10.3. The number of likely N-dealkylation sites (tertiary alicyclic amines) is 1. The average molecular weight is 370 g/mol. The zero-order valence-corrected chi connectivity index (χ0v) is 16.9. The standard InChI is InChI=1S/C17H27NO4SSi/c1-6-24(7-2,8-3)22-15-14(13-10-9-11-23-13)18(16(15)19)17(20)21-12(4)5/h9-12,14-15H,6-8H2,1-5H3. The van der Waals surface area contributed by atoms with Crippen LogP contribution in [0.5, 0.6) is 0 Å². The molecule has 7 heteroatoms. The highest BCUT2D eigenvalue weighted by atomic mass is 32.1. The summed E-state index contributed by atoms with van der Waals surface area (Å²) in [5.41, 5.74) is 0. The lowest BCUT2D eigenvalue weighted by Crippen LogP contribution is -2.64. The van der Waals surface area contributed by atoms with Gasteiger partial charge in [0, 0.05) is 4.88 Å². The summed E-state index contributed by atoms with van der Waals surface area (Å²) in [7, 11) is -1.94. The zero-order chi connectivity index (χ0) is 17.9. The first-order valence-corrected chi connectivity index (χ1v) is 12.0. The van der Waals surface area contributed by atoms with Crippen LogP contribution in [0.1, 0.15) is 45.5 Å². The first kappa shape index (κ1) is 19.1. The molecule has 2 atom stereocenters. The molecule has 0 bridgehead atoms. The summed E-state index contributed by atoms with van der Waals surface area (Å²) in [6, 6.07) is 6.42. The Kier molecular flexibility index (Phi) is 6.22. The monoisotopic (exact) mass is 369 g/mol. The lowest BCUT2D eigenvalue weighted by atomic mass is 9.97. The lowest BCUT2D eigenvalue weighted by Gasteiger charge is -2.47. The number of amides is 2. The molecule has 5 nitrogen and oxygen atoms in total. The van der Waals surface area contributed by atoms with Gasteiger partial charge in [0.1, 0.15) is 6.04 Å². The summed E-state index contributed by atoms with van der Waals surface area (Å²) < 4.78 is 11.6. The Balaban J connectivity index is 2.25. The molecule has 2 rings (SSSR count). The molecule has 2 amide bonds. The molecule has 2 unspecified atom stereocenters. The van der Waals surface area contributed by atoms with Crippen LogP contribution in [0.2, 0.25) is 18.1 Å². The van der Waals surface area contributed by atoms with Crippen molar-refractivity contribution in [2.75, 3.05) is 0 Å². The van der Waals surface area contributed by atoms with E-state index >= 15 is 0 Å². The molecule has 1 aliphatic rings. The van der Waals surface area contributed by atoms with Gasteiger partial charge in [-0.15, -0.1) is 11.3 Å². The highest BCUT2D eigenvalue weighted by molar-refractivity contribution is 7.10. The Hall–Kier alpha value is -1.18. The van der Waals surface area contributed by atoms with Crippen LogP contribution >= 0.6 is 11.3 Å². The van der Waals surface area contributed by atoms with Crippen molar-refractivity contribution in [2.24, 2.45) is 0 Å². The third-order valence-electron chi connectivity index (χ3n) is 4.72. The Morgan fingerprint density at radius 2 is 1.92 bits per heavy atom. The van der Waals surface area contributed by atoms with Gasteiger partial charge in [-0.3, -0.25) is 4.79 Å². The number of ether oxygens (including phenoxy) is 1. The van der Waals surface area contributed by atoms with E-state index in [-0.39, 0.29) is 18.1 Å². The van der Waals surface area contributed by atoms with E-state index in [1.807, 2.05) is 17.5 Å².